The highest BCUT2D eigenvalue weighted by atomic mass is 19.3. The van der Waals surface area contributed by atoms with Gasteiger partial charge in [0.2, 0.25) is 0 Å². The highest BCUT2D eigenvalue weighted by molar-refractivity contribution is 5.89. The minimum absolute atomic E-state index is 0.169. The van der Waals surface area contributed by atoms with E-state index < -0.39 is 12.1 Å². The topological polar surface area (TPSA) is 74.1 Å². The van der Waals surface area contributed by atoms with Crippen LogP contribution >= 0.6 is 0 Å². The Balaban J connectivity index is 2.26. The normalized spacial score (nSPS) is 10.8. The van der Waals surface area contributed by atoms with Gasteiger partial charge in [-0.05, 0) is 18.2 Å². The average Bonchev–Trinajstić information content (AvgIpc) is 2.67. The molecule has 0 aliphatic rings. The van der Waals surface area contributed by atoms with Crippen molar-refractivity contribution in [3.8, 4) is 22.7 Å². The third-order valence-corrected chi connectivity index (χ3v) is 3.74. The van der Waals surface area contributed by atoms with E-state index in [4.69, 9.17) is 4.74 Å². The van der Waals surface area contributed by atoms with Gasteiger partial charge in [-0.15, -0.1) is 0 Å². The number of alkyl halides is 2. The second-order valence-corrected chi connectivity index (χ2v) is 5.27. The highest BCUT2D eigenvalue weighted by Crippen LogP contribution is 2.34. The minimum atomic E-state index is -2.78. The summed E-state index contributed by atoms with van der Waals surface area (Å²) >= 11 is 0. The Morgan fingerprint density at radius 2 is 1.96 bits per heavy atom. The molecule has 0 aliphatic carbocycles. The summed E-state index contributed by atoms with van der Waals surface area (Å²) in [7, 11) is 1.37. The highest BCUT2D eigenvalue weighted by Gasteiger charge is 2.17. The first kappa shape index (κ1) is 17.4. The zero-order valence-corrected chi connectivity index (χ0v) is 13.6. The SMILES string of the molecule is COc1cnc(C(F)F)cc1-c1cc(-n2ccccc2=O)ncc1C=O. The summed E-state index contributed by atoms with van der Waals surface area (Å²) in [4.78, 5) is 31.2. The molecule has 3 rings (SSSR count). The van der Waals surface area contributed by atoms with Crippen LogP contribution in [0.5, 0.6) is 5.75 Å². The summed E-state index contributed by atoms with van der Waals surface area (Å²) in [5, 5.41) is 0. The van der Waals surface area contributed by atoms with Crippen LogP contribution in [0.2, 0.25) is 0 Å². The maximum Gasteiger partial charge on any atom is 0.280 e. The smallest absolute Gasteiger partial charge is 0.280 e. The molecule has 132 valence electrons. The predicted molar refractivity (Wildman–Crippen MR) is 90.0 cm³/mol. The van der Waals surface area contributed by atoms with Crippen molar-refractivity contribution in [1.29, 1.82) is 0 Å². The van der Waals surface area contributed by atoms with Crippen LogP contribution in [0.3, 0.4) is 0 Å². The molecule has 0 saturated carbocycles. The van der Waals surface area contributed by atoms with Gasteiger partial charge < -0.3 is 4.74 Å². The van der Waals surface area contributed by atoms with E-state index >= 15 is 0 Å². The van der Waals surface area contributed by atoms with Gasteiger partial charge in [-0.1, -0.05) is 6.07 Å². The van der Waals surface area contributed by atoms with Gasteiger partial charge in [0.1, 0.15) is 17.3 Å². The number of rotatable bonds is 5. The molecular formula is C18H13F2N3O3. The van der Waals surface area contributed by atoms with E-state index in [1.165, 1.54) is 42.4 Å². The second-order valence-electron chi connectivity index (χ2n) is 5.27. The Morgan fingerprint density at radius 3 is 2.62 bits per heavy atom. The van der Waals surface area contributed by atoms with E-state index in [2.05, 4.69) is 9.97 Å². The number of pyridine rings is 3. The monoisotopic (exact) mass is 357 g/mol. The summed E-state index contributed by atoms with van der Waals surface area (Å²) < 4.78 is 32.6. The van der Waals surface area contributed by atoms with Crippen molar-refractivity contribution in [3.05, 3.63) is 70.5 Å². The second kappa shape index (κ2) is 7.22. The lowest BCUT2D eigenvalue weighted by Crippen LogP contribution is -2.17. The molecule has 0 fully saturated rings. The first-order chi connectivity index (χ1) is 12.5. The van der Waals surface area contributed by atoms with Crippen LogP contribution in [0, 0.1) is 0 Å². The molecule has 0 amide bonds. The third kappa shape index (κ3) is 3.21. The Bertz CT molecular complexity index is 1020. The van der Waals surface area contributed by atoms with Gasteiger partial charge in [-0.3, -0.25) is 19.1 Å². The van der Waals surface area contributed by atoms with Gasteiger partial charge in [0.15, 0.2) is 6.29 Å². The number of hydrogen-bond donors (Lipinski definition) is 0. The summed E-state index contributed by atoms with van der Waals surface area (Å²) in [6, 6.07) is 7.22. The fraction of sp³-hybridized carbons (Fsp3) is 0.111. The van der Waals surface area contributed by atoms with Crippen LogP contribution in [0.4, 0.5) is 8.78 Å². The van der Waals surface area contributed by atoms with E-state index in [1.807, 2.05) is 0 Å². The molecule has 6 nitrogen and oxygen atoms in total. The molecule has 26 heavy (non-hydrogen) atoms. The molecule has 0 aromatic carbocycles. The third-order valence-electron chi connectivity index (χ3n) is 3.74. The maximum atomic E-state index is 13.0. The molecule has 3 aromatic heterocycles. The molecule has 0 N–H and O–H groups in total. The first-order valence-electron chi connectivity index (χ1n) is 7.51. The zero-order valence-electron chi connectivity index (χ0n) is 13.6. The van der Waals surface area contributed by atoms with Crippen LogP contribution in [-0.4, -0.2) is 27.9 Å². The number of carbonyl (C=O) groups is 1. The van der Waals surface area contributed by atoms with E-state index in [1.54, 1.807) is 12.1 Å². The molecule has 0 bridgehead atoms. The summed E-state index contributed by atoms with van der Waals surface area (Å²) in [5.41, 5.74) is -0.0375. The van der Waals surface area contributed by atoms with Crippen LogP contribution < -0.4 is 10.3 Å². The molecule has 0 atom stereocenters. The molecule has 8 heteroatoms. The van der Waals surface area contributed by atoms with Crippen molar-refractivity contribution >= 4 is 6.29 Å². The molecule has 3 aromatic rings. The summed E-state index contributed by atoms with van der Waals surface area (Å²) in [6.07, 6.45) is 1.74. The number of methoxy groups -OCH3 is 1. The van der Waals surface area contributed by atoms with Gasteiger partial charge in [-0.25, -0.2) is 13.8 Å². The molecule has 3 heterocycles. The lowest BCUT2D eigenvalue weighted by Gasteiger charge is -2.13. The molecular weight excluding hydrogens is 344 g/mol. The van der Waals surface area contributed by atoms with Crippen molar-refractivity contribution in [1.82, 2.24) is 14.5 Å². The van der Waals surface area contributed by atoms with Gasteiger partial charge in [0.05, 0.1) is 13.3 Å². The quantitative estimate of drug-likeness (QED) is 0.656. The Morgan fingerprint density at radius 1 is 1.15 bits per heavy atom. The summed E-state index contributed by atoms with van der Waals surface area (Å²) in [5.74, 6) is 0.462. The molecule has 0 saturated heterocycles. The van der Waals surface area contributed by atoms with Crippen molar-refractivity contribution < 1.29 is 18.3 Å². The van der Waals surface area contributed by atoms with E-state index in [0.29, 0.717) is 11.8 Å². The van der Waals surface area contributed by atoms with E-state index in [0.717, 1.165) is 6.07 Å². The van der Waals surface area contributed by atoms with Crippen LogP contribution in [0.1, 0.15) is 22.5 Å². The minimum Gasteiger partial charge on any atom is -0.494 e. The fourth-order valence-corrected chi connectivity index (χ4v) is 2.48. The number of nitrogens with zero attached hydrogens (tertiary/aromatic N) is 3. The fourth-order valence-electron chi connectivity index (χ4n) is 2.48. The van der Waals surface area contributed by atoms with Crippen molar-refractivity contribution in [2.24, 2.45) is 0 Å². The first-order valence-corrected chi connectivity index (χ1v) is 7.51. The molecule has 0 aliphatic heterocycles. The molecule has 0 radical (unpaired) electrons. The van der Waals surface area contributed by atoms with Gasteiger partial charge in [-0.2, -0.15) is 0 Å². The van der Waals surface area contributed by atoms with Crippen molar-refractivity contribution in [2.75, 3.05) is 7.11 Å². The predicted octanol–water partition coefficient (Wildman–Crippen LogP) is 3.05. The van der Waals surface area contributed by atoms with E-state index in [-0.39, 0.29) is 28.3 Å². The van der Waals surface area contributed by atoms with Crippen LogP contribution in [0.25, 0.3) is 16.9 Å². The lowest BCUT2D eigenvalue weighted by atomic mass is 10.0. The largest absolute Gasteiger partial charge is 0.494 e. The number of ether oxygens (including phenoxy) is 1. The van der Waals surface area contributed by atoms with Gasteiger partial charge >= 0.3 is 0 Å². The van der Waals surface area contributed by atoms with Crippen molar-refractivity contribution in [3.63, 3.8) is 0 Å². The molecule has 0 unspecified atom stereocenters. The number of halogens is 2. The summed E-state index contributed by atoms with van der Waals surface area (Å²) in [6.45, 7) is 0. The van der Waals surface area contributed by atoms with Gasteiger partial charge in [0, 0.05) is 35.2 Å². The number of aldehydes is 1. The Labute approximate surface area is 146 Å². The van der Waals surface area contributed by atoms with Crippen LogP contribution in [0.15, 0.2) is 53.7 Å². The van der Waals surface area contributed by atoms with Crippen LogP contribution in [-0.2, 0) is 0 Å². The zero-order chi connectivity index (χ0) is 18.7. The van der Waals surface area contributed by atoms with E-state index in [9.17, 15) is 18.4 Å². The molecule has 0 spiro atoms. The number of hydrogen-bond acceptors (Lipinski definition) is 5. The van der Waals surface area contributed by atoms with Gasteiger partial charge in [0.25, 0.3) is 12.0 Å². The Kier molecular flexibility index (Phi) is 4.83. The number of carbonyl (C=O) groups excluding carboxylic acids is 1. The lowest BCUT2D eigenvalue weighted by molar-refractivity contribution is 0.112. The van der Waals surface area contributed by atoms with Crippen molar-refractivity contribution in [2.45, 2.75) is 6.43 Å². The Hall–Kier alpha value is -3.42. The maximum absolute atomic E-state index is 13.0. The number of aromatic nitrogens is 3. The standard InChI is InChI=1S/C18H13F2N3O3/c1-26-15-9-21-14(18(19)20)6-13(15)12-7-16(22-8-11(12)10-24)23-5-3-2-4-17(23)25/h2-10,18H,1H3. The average molecular weight is 357 g/mol.